The van der Waals surface area contributed by atoms with Crippen LogP contribution in [-0.2, 0) is 6.61 Å². The fraction of sp³-hybridized carbons (Fsp3) is 0.118. The molecule has 0 unspecified atom stereocenters. The van der Waals surface area contributed by atoms with Gasteiger partial charge in [-0.05, 0) is 30.3 Å². The molecule has 6 nitrogen and oxygen atoms in total. The highest BCUT2D eigenvalue weighted by Gasteiger charge is 2.14. The molecule has 1 amide bonds. The highest BCUT2D eigenvalue weighted by atomic mass is 35.5. The average molecular weight is 378 g/mol. The second-order valence-corrected chi connectivity index (χ2v) is 5.91. The Hall–Kier alpha value is -2.57. The van der Waals surface area contributed by atoms with Crippen LogP contribution in [0.3, 0.4) is 0 Å². The monoisotopic (exact) mass is 377 g/mol. The third-order valence-corrected chi connectivity index (χ3v) is 3.97. The summed E-state index contributed by atoms with van der Waals surface area (Å²) in [6.07, 6.45) is 0. The van der Waals surface area contributed by atoms with Gasteiger partial charge in [0, 0.05) is 12.6 Å². The number of aromatic nitrogens is 2. The largest absolute Gasteiger partial charge is 0.485 e. The van der Waals surface area contributed by atoms with Gasteiger partial charge in [0.05, 0.1) is 15.6 Å². The number of benzene rings is 2. The molecule has 3 aromatic rings. The van der Waals surface area contributed by atoms with Crippen molar-refractivity contribution in [3.8, 4) is 5.75 Å². The van der Waals surface area contributed by atoms with E-state index in [2.05, 4.69) is 15.5 Å². The smallest absolute Gasteiger partial charge is 0.259 e. The predicted molar refractivity (Wildman–Crippen MR) is 94.2 cm³/mol. The van der Waals surface area contributed by atoms with E-state index in [1.807, 2.05) is 0 Å². The zero-order valence-corrected chi connectivity index (χ0v) is 14.6. The highest BCUT2D eigenvalue weighted by Crippen LogP contribution is 2.26. The summed E-state index contributed by atoms with van der Waals surface area (Å²) in [5.41, 5.74) is 0.900. The lowest BCUT2D eigenvalue weighted by molar-refractivity contribution is 0.102. The number of carbonyl (C=O) groups excluding carboxylic acids is 1. The summed E-state index contributed by atoms with van der Waals surface area (Å²) in [6, 6.07) is 11.7. The Bertz CT molecular complexity index is 912. The van der Waals surface area contributed by atoms with Crippen molar-refractivity contribution in [3.63, 3.8) is 0 Å². The third kappa shape index (κ3) is 4.29. The number of nitrogens with zero attached hydrogens (tertiary/aromatic N) is 2. The first-order valence-corrected chi connectivity index (χ1v) is 8.06. The van der Waals surface area contributed by atoms with Crippen LogP contribution >= 0.6 is 23.2 Å². The van der Waals surface area contributed by atoms with Gasteiger partial charge in [-0.1, -0.05) is 40.5 Å². The molecule has 0 fully saturated rings. The molecule has 0 atom stereocenters. The van der Waals surface area contributed by atoms with Crippen LogP contribution in [0.1, 0.15) is 22.1 Å². The summed E-state index contributed by atoms with van der Waals surface area (Å²) in [7, 11) is 0. The predicted octanol–water partition coefficient (Wildman–Crippen LogP) is 4.52. The van der Waals surface area contributed by atoms with Crippen molar-refractivity contribution in [2.75, 3.05) is 5.32 Å². The standard InChI is InChI=1S/C17H13Cl2N3O3/c1-10-20-16(22-25-10)9-24-15-5-3-2-4-12(15)17(23)21-11-6-7-13(18)14(19)8-11/h2-8H,9H2,1H3,(H,21,23). The van der Waals surface area contributed by atoms with Gasteiger partial charge in [-0.25, -0.2) is 0 Å². The molecule has 0 bridgehead atoms. The number of ether oxygens (including phenoxy) is 1. The van der Waals surface area contributed by atoms with Crippen molar-refractivity contribution in [1.29, 1.82) is 0 Å². The first kappa shape index (κ1) is 17.3. The average Bonchev–Trinajstić information content (AvgIpc) is 3.02. The van der Waals surface area contributed by atoms with Crippen molar-refractivity contribution in [3.05, 3.63) is 69.8 Å². The van der Waals surface area contributed by atoms with Gasteiger partial charge in [-0.15, -0.1) is 0 Å². The number of aryl methyl sites for hydroxylation is 1. The maximum Gasteiger partial charge on any atom is 0.259 e. The van der Waals surface area contributed by atoms with Crippen LogP contribution in [0, 0.1) is 6.92 Å². The van der Waals surface area contributed by atoms with E-state index in [4.69, 9.17) is 32.5 Å². The second kappa shape index (κ2) is 7.55. The van der Waals surface area contributed by atoms with Crippen molar-refractivity contribution in [2.45, 2.75) is 13.5 Å². The number of anilines is 1. The number of rotatable bonds is 5. The van der Waals surface area contributed by atoms with Crippen LogP contribution in [0.4, 0.5) is 5.69 Å². The van der Waals surface area contributed by atoms with Crippen molar-refractivity contribution in [2.24, 2.45) is 0 Å². The molecule has 3 rings (SSSR count). The molecular weight excluding hydrogens is 365 g/mol. The summed E-state index contributed by atoms with van der Waals surface area (Å²) in [5, 5.41) is 7.28. The Labute approximate surface area is 153 Å². The molecule has 8 heteroatoms. The molecule has 0 saturated heterocycles. The SMILES string of the molecule is Cc1nc(COc2ccccc2C(=O)Nc2ccc(Cl)c(Cl)c2)no1. The van der Waals surface area contributed by atoms with E-state index in [9.17, 15) is 4.79 Å². The Kier molecular flexibility index (Phi) is 5.21. The Morgan fingerprint density at radius 1 is 1.20 bits per heavy atom. The molecule has 1 heterocycles. The number of para-hydroxylation sites is 1. The van der Waals surface area contributed by atoms with Crippen molar-refractivity contribution < 1.29 is 14.1 Å². The van der Waals surface area contributed by atoms with Crippen molar-refractivity contribution in [1.82, 2.24) is 10.1 Å². The molecule has 2 aromatic carbocycles. The molecule has 128 valence electrons. The van der Waals surface area contributed by atoms with Gasteiger partial charge in [0.1, 0.15) is 5.75 Å². The molecule has 0 aliphatic rings. The van der Waals surface area contributed by atoms with E-state index < -0.39 is 0 Å². The van der Waals surface area contributed by atoms with Gasteiger partial charge in [0.25, 0.3) is 5.91 Å². The number of hydrogen-bond acceptors (Lipinski definition) is 5. The van der Waals surface area contributed by atoms with Crippen LogP contribution in [-0.4, -0.2) is 16.0 Å². The fourth-order valence-corrected chi connectivity index (χ4v) is 2.39. The third-order valence-electron chi connectivity index (χ3n) is 3.24. The zero-order valence-electron chi connectivity index (χ0n) is 13.1. The summed E-state index contributed by atoms with van der Waals surface area (Å²) >= 11 is 11.8. The fourth-order valence-electron chi connectivity index (χ4n) is 2.09. The van der Waals surface area contributed by atoms with Crippen LogP contribution in [0.25, 0.3) is 0 Å². The van der Waals surface area contributed by atoms with E-state index in [1.165, 1.54) is 0 Å². The minimum absolute atomic E-state index is 0.0917. The minimum Gasteiger partial charge on any atom is -0.485 e. The molecule has 0 saturated carbocycles. The lowest BCUT2D eigenvalue weighted by Crippen LogP contribution is -2.13. The van der Waals surface area contributed by atoms with Gasteiger partial charge in [0.15, 0.2) is 6.61 Å². The molecule has 25 heavy (non-hydrogen) atoms. The lowest BCUT2D eigenvalue weighted by atomic mass is 10.2. The first-order chi connectivity index (χ1) is 12.0. The van der Waals surface area contributed by atoms with Crippen LogP contribution in [0.2, 0.25) is 10.0 Å². The van der Waals surface area contributed by atoms with Crippen molar-refractivity contribution >= 4 is 34.8 Å². The number of carbonyl (C=O) groups is 1. The quantitative estimate of drug-likeness (QED) is 0.707. The molecular formula is C17H13Cl2N3O3. The van der Waals surface area contributed by atoms with Gasteiger partial charge < -0.3 is 14.6 Å². The molecule has 0 aliphatic heterocycles. The Balaban J connectivity index is 1.74. The maximum atomic E-state index is 12.5. The Morgan fingerprint density at radius 3 is 2.72 bits per heavy atom. The zero-order chi connectivity index (χ0) is 17.8. The minimum atomic E-state index is -0.335. The topological polar surface area (TPSA) is 77.2 Å². The second-order valence-electron chi connectivity index (χ2n) is 5.10. The van der Waals surface area contributed by atoms with E-state index in [0.29, 0.717) is 38.8 Å². The van der Waals surface area contributed by atoms with Crippen LogP contribution in [0.15, 0.2) is 47.0 Å². The van der Waals surface area contributed by atoms with Gasteiger partial charge in [0.2, 0.25) is 11.7 Å². The summed E-state index contributed by atoms with van der Waals surface area (Å²) in [5.74, 6) is 0.919. The van der Waals surface area contributed by atoms with Gasteiger partial charge in [-0.2, -0.15) is 4.98 Å². The molecule has 0 aliphatic carbocycles. The summed E-state index contributed by atoms with van der Waals surface area (Å²) < 4.78 is 10.5. The van der Waals surface area contributed by atoms with E-state index in [-0.39, 0.29) is 12.5 Å². The number of nitrogens with one attached hydrogen (secondary N) is 1. The number of halogens is 2. The van der Waals surface area contributed by atoms with Crippen LogP contribution < -0.4 is 10.1 Å². The van der Waals surface area contributed by atoms with Crippen LogP contribution in [0.5, 0.6) is 5.75 Å². The lowest BCUT2D eigenvalue weighted by Gasteiger charge is -2.11. The first-order valence-electron chi connectivity index (χ1n) is 7.30. The van der Waals surface area contributed by atoms with E-state index >= 15 is 0 Å². The Morgan fingerprint density at radius 2 is 2.00 bits per heavy atom. The highest BCUT2D eigenvalue weighted by molar-refractivity contribution is 6.42. The van der Waals surface area contributed by atoms with Gasteiger partial charge >= 0.3 is 0 Å². The molecule has 1 N–H and O–H groups in total. The number of hydrogen-bond donors (Lipinski definition) is 1. The summed E-state index contributed by atoms with van der Waals surface area (Å²) in [4.78, 5) is 16.6. The molecule has 0 spiro atoms. The van der Waals surface area contributed by atoms with E-state index in [1.54, 1.807) is 49.4 Å². The van der Waals surface area contributed by atoms with E-state index in [0.717, 1.165) is 0 Å². The van der Waals surface area contributed by atoms with Gasteiger partial charge in [-0.3, -0.25) is 4.79 Å². The summed E-state index contributed by atoms with van der Waals surface area (Å²) in [6.45, 7) is 1.78. The normalized spacial score (nSPS) is 10.5. The number of amides is 1. The molecule has 1 aromatic heterocycles. The molecule has 0 radical (unpaired) electrons. The maximum absolute atomic E-state index is 12.5.